The molecule has 4 N–H and O–H groups in total. The van der Waals surface area contributed by atoms with Gasteiger partial charge in [0.2, 0.25) is 0 Å². The first kappa shape index (κ1) is 24.1. The average Bonchev–Trinajstić information content (AvgIpc) is 2.46. The van der Waals surface area contributed by atoms with Crippen molar-refractivity contribution in [2.24, 2.45) is 5.73 Å². The largest absolute Gasteiger partial charge is 0.481 e. The fourth-order valence-corrected chi connectivity index (χ4v) is 2.97. The number of carbonyl (C=O) groups is 2. The van der Waals surface area contributed by atoms with Crippen LogP contribution in [-0.4, -0.2) is 58.9 Å². The van der Waals surface area contributed by atoms with Crippen LogP contribution in [0.3, 0.4) is 0 Å². The molecule has 0 bridgehead atoms. The molecular formula is C17H37N2O4+. The van der Waals surface area contributed by atoms with Gasteiger partial charge in [0.1, 0.15) is 6.04 Å². The van der Waals surface area contributed by atoms with E-state index in [-0.39, 0.29) is 12.8 Å². The molecule has 138 valence electrons. The second-order valence-corrected chi connectivity index (χ2v) is 6.11. The number of hydrogen-bond acceptors (Lipinski definition) is 3. The molecule has 0 amide bonds. The fourth-order valence-electron chi connectivity index (χ4n) is 2.97. The Bertz CT molecular complexity index is 292. The molecule has 0 saturated carbocycles. The molecule has 0 aromatic heterocycles. The van der Waals surface area contributed by atoms with Crippen LogP contribution in [-0.2, 0) is 9.59 Å². The quantitative estimate of drug-likeness (QED) is 0.477. The molecule has 0 aliphatic carbocycles. The third-order valence-corrected chi connectivity index (χ3v) is 3.78. The minimum absolute atomic E-state index is 0.0231. The van der Waals surface area contributed by atoms with Crippen molar-refractivity contribution in [2.75, 3.05) is 26.2 Å². The van der Waals surface area contributed by atoms with Crippen LogP contribution < -0.4 is 5.73 Å². The lowest BCUT2D eigenvalue weighted by Crippen LogP contribution is -2.50. The molecule has 1 unspecified atom stereocenters. The number of aliphatic carboxylic acids is 2. The normalized spacial score (nSPS) is 12.2. The molecule has 0 aliphatic rings. The predicted octanol–water partition coefficient (Wildman–Crippen LogP) is 2.71. The van der Waals surface area contributed by atoms with Gasteiger partial charge in [-0.05, 0) is 32.1 Å². The smallest absolute Gasteiger partial charge is 0.320 e. The third kappa shape index (κ3) is 13.0. The van der Waals surface area contributed by atoms with Crippen molar-refractivity contribution in [1.29, 1.82) is 0 Å². The molecular weight excluding hydrogens is 296 g/mol. The SMILES string of the molecule is CCC[N+](CCC)(CCC)CCC.NC(CCC(=O)O)C(=O)O. The molecule has 0 aromatic carbocycles. The van der Waals surface area contributed by atoms with Gasteiger partial charge in [0.05, 0.1) is 26.2 Å². The van der Waals surface area contributed by atoms with Crippen LogP contribution >= 0.6 is 0 Å². The highest BCUT2D eigenvalue weighted by Crippen LogP contribution is 2.12. The van der Waals surface area contributed by atoms with Gasteiger partial charge < -0.3 is 20.4 Å². The zero-order valence-corrected chi connectivity index (χ0v) is 15.4. The van der Waals surface area contributed by atoms with Crippen LogP contribution in [0.4, 0.5) is 0 Å². The number of hydrogen-bond donors (Lipinski definition) is 3. The summed E-state index contributed by atoms with van der Waals surface area (Å²) in [6, 6.07) is -1.06. The van der Waals surface area contributed by atoms with Crippen molar-refractivity contribution in [3.8, 4) is 0 Å². The zero-order valence-electron chi connectivity index (χ0n) is 15.4. The molecule has 0 aliphatic heterocycles. The van der Waals surface area contributed by atoms with Gasteiger partial charge in [-0.15, -0.1) is 0 Å². The molecule has 0 saturated heterocycles. The van der Waals surface area contributed by atoms with E-state index in [1.54, 1.807) is 0 Å². The Kier molecular flexibility index (Phi) is 15.2. The summed E-state index contributed by atoms with van der Waals surface area (Å²) in [6.07, 6.45) is 5.11. The highest BCUT2D eigenvalue weighted by molar-refractivity contribution is 5.74. The van der Waals surface area contributed by atoms with Crippen molar-refractivity contribution < 1.29 is 24.3 Å². The summed E-state index contributed by atoms with van der Waals surface area (Å²) in [5, 5.41) is 16.3. The summed E-state index contributed by atoms with van der Waals surface area (Å²) in [5.74, 6) is -2.20. The van der Waals surface area contributed by atoms with Crippen molar-refractivity contribution in [3.63, 3.8) is 0 Å². The fraction of sp³-hybridized carbons (Fsp3) is 0.882. The van der Waals surface area contributed by atoms with E-state index in [0.717, 1.165) is 0 Å². The second kappa shape index (κ2) is 14.5. The summed E-state index contributed by atoms with van der Waals surface area (Å²) in [7, 11) is 0. The molecule has 6 heteroatoms. The van der Waals surface area contributed by atoms with Gasteiger partial charge in [-0.2, -0.15) is 0 Å². The summed E-state index contributed by atoms with van der Waals surface area (Å²) >= 11 is 0. The van der Waals surface area contributed by atoms with Crippen molar-refractivity contribution >= 4 is 11.9 Å². The highest BCUT2D eigenvalue weighted by Gasteiger charge is 2.22. The van der Waals surface area contributed by atoms with E-state index in [4.69, 9.17) is 15.9 Å². The van der Waals surface area contributed by atoms with Gasteiger partial charge in [-0.25, -0.2) is 0 Å². The van der Waals surface area contributed by atoms with Gasteiger partial charge >= 0.3 is 11.9 Å². The molecule has 6 nitrogen and oxygen atoms in total. The van der Waals surface area contributed by atoms with E-state index in [0.29, 0.717) is 0 Å². The van der Waals surface area contributed by atoms with E-state index in [9.17, 15) is 9.59 Å². The van der Waals surface area contributed by atoms with Gasteiger partial charge in [0.15, 0.2) is 0 Å². The van der Waals surface area contributed by atoms with E-state index < -0.39 is 18.0 Å². The number of carboxylic acid groups (broad SMARTS) is 2. The number of quaternary nitrogens is 1. The van der Waals surface area contributed by atoms with Crippen molar-refractivity contribution in [3.05, 3.63) is 0 Å². The molecule has 0 rings (SSSR count). The average molecular weight is 333 g/mol. The summed E-state index contributed by atoms with van der Waals surface area (Å²) in [5.41, 5.74) is 5.00. The van der Waals surface area contributed by atoms with Crippen molar-refractivity contribution in [1.82, 2.24) is 0 Å². The second-order valence-electron chi connectivity index (χ2n) is 6.11. The van der Waals surface area contributed by atoms with E-state index in [2.05, 4.69) is 27.7 Å². The molecule has 0 radical (unpaired) electrons. The van der Waals surface area contributed by atoms with Crippen LogP contribution in [0.1, 0.15) is 66.2 Å². The monoisotopic (exact) mass is 333 g/mol. The van der Waals surface area contributed by atoms with E-state index in [1.165, 1.54) is 56.3 Å². The predicted molar refractivity (Wildman–Crippen MR) is 93.4 cm³/mol. The first-order valence-electron chi connectivity index (χ1n) is 8.83. The number of nitrogens with two attached hydrogens (primary N) is 1. The first-order chi connectivity index (χ1) is 10.8. The Morgan fingerprint density at radius 2 is 1.22 bits per heavy atom. The van der Waals surface area contributed by atoms with Crippen LogP contribution in [0.2, 0.25) is 0 Å². The Balaban J connectivity index is 0. The van der Waals surface area contributed by atoms with Crippen LogP contribution in [0.5, 0.6) is 0 Å². The minimum atomic E-state index is -1.17. The van der Waals surface area contributed by atoms with Gasteiger partial charge in [0.25, 0.3) is 0 Å². The number of rotatable bonds is 12. The van der Waals surface area contributed by atoms with Crippen LogP contribution in [0.15, 0.2) is 0 Å². The van der Waals surface area contributed by atoms with Crippen LogP contribution in [0, 0.1) is 0 Å². The Hall–Kier alpha value is -1.14. The standard InChI is InChI=1S/C12H28N.C5H9NO4/c1-5-9-13(10-6-2,11-7-3)12-8-4;6-3(5(9)10)1-2-4(7)8/h5-12H2,1-4H3;3H,1-2,6H2,(H,7,8)(H,9,10)/q+1;. The maximum Gasteiger partial charge on any atom is 0.320 e. The molecule has 0 heterocycles. The minimum Gasteiger partial charge on any atom is -0.481 e. The van der Waals surface area contributed by atoms with Crippen LogP contribution in [0.25, 0.3) is 0 Å². The zero-order chi connectivity index (χ0) is 18.3. The number of carboxylic acids is 2. The lowest BCUT2D eigenvalue weighted by atomic mass is 10.2. The Morgan fingerprint density at radius 3 is 1.43 bits per heavy atom. The third-order valence-electron chi connectivity index (χ3n) is 3.78. The molecule has 23 heavy (non-hydrogen) atoms. The Labute approximate surface area is 141 Å². The first-order valence-corrected chi connectivity index (χ1v) is 8.83. The van der Waals surface area contributed by atoms with E-state index >= 15 is 0 Å². The number of nitrogens with zero attached hydrogens (tertiary/aromatic N) is 1. The van der Waals surface area contributed by atoms with Crippen molar-refractivity contribution in [2.45, 2.75) is 72.3 Å². The summed E-state index contributed by atoms with van der Waals surface area (Å²) in [6.45, 7) is 14.8. The lowest BCUT2D eigenvalue weighted by molar-refractivity contribution is -0.928. The topological polar surface area (TPSA) is 101 Å². The van der Waals surface area contributed by atoms with Gasteiger partial charge in [-0.3, -0.25) is 9.59 Å². The van der Waals surface area contributed by atoms with E-state index in [1.807, 2.05) is 0 Å². The maximum absolute atomic E-state index is 9.99. The van der Waals surface area contributed by atoms with Gasteiger partial charge in [-0.1, -0.05) is 27.7 Å². The molecule has 0 spiro atoms. The summed E-state index contributed by atoms with van der Waals surface area (Å²) in [4.78, 5) is 19.9. The molecule has 0 fully saturated rings. The maximum atomic E-state index is 9.99. The Morgan fingerprint density at radius 1 is 0.870 bits per heavy atom. The summed E-state index contributed by atoms with van der Waals surface area (Å²) < 4.78 is 1.38. The highest BCUT2D eigenvalue weighted by atomic mass is 16.4. The molecule has 1 atom stereocenters. The molecule has 0 aromatic rings. The lowest BCUT2D eigenvalue weighted by Gasteiger charge is -2.38. The van der Waals surface area contributed by atoms with Gasteiger partial charge in [0, 0.05) is 6.42 Å².